The van der Waals surface area contributed by atoms with E-state index < -0.39 is 5.97 Å². The summed E-state index contributed by atoms with van der Waals surface area (Å²) >= 11 is 1.43. The van der Waals surface area contributed by atoms with Crippen molar-refractivity contribution in [3.8, 4) is 0 Å². The van der Waals surface area contributed by atoms with Crippen LogP contribution in [0.4, 0.5) is 0 Å². The number of fused-ring (bicyclic) bond motifs is 2. The summed E-state index contributed by atoms with van der Waals surface area (Å²) in [6, 6.07) is 6.86. The van der Waals surface area contributed by atoms with Crippen LogP contribution in [0.25, 0.3) is 21.0 Å². The highest BCUT2D eigenvalue weighted by Crippen LogP contribution is 2.25. The molecule has 0 bridgehead atoms. The molecule has 0 spiro atoms. The van der Waals surface area contributed by atoms with Crippen molar-refractivity contribution in [3.63, 3.8) is 0 Å². The molecule has 0 atom stereocenters. The second kappa shape index (κ2) is 9.04. The molecule has 3 aromatic heterocycles. The van der Waals surface area contributed by atoms with E-state index >= 15 is 0 Å². The van der Waals surface area contributed by atoms with Gasteiger partial charge < -0.3 is 9.72 Å². The van der Waals surface area contributed by atoms with Crippen LogP contribution in [0.1, 0.15) is 52.9 Å². The highest BCUT2D eigenvalue weighted by atomic mass is 32.1. The fraction of sp³-hybridized carbons (Fsp3) is 0.348. The standard InChI is InChI=1S/C23H24N4O4S/c1-4-5-8-11-27-22(29)16-10-7-6-9-15(16)19(26-27)23(30)31-12-17-24-20(28)18-13(2)14(3)32-21(18)25-17/h6-7,9-10H,4-5,8,11-12H2,1-3H3,(H,24,25,28). The molecule has 4 rings (SSSR count). The molecule has 8 nitrogen and oxygen atoms in total. The van der Waals surface area contributed by atoms with Crippen LogP contribution in [0.15, 0.2) is 33.9 Å². The van der Waals surface area contributed by atoms with E-state index in [0.29, 0.717) is 27.5 Å². The fourth-order valence-electron chi connectivity index (χ4n) is 3.62. The predicted molar refractivity (Wildman–Crippen MR) is 124 cm³/mol. The molecule has 9 heteroatoms. The lowest BCUT2D eigenvalue weighted by molar-refractivity contribution is 0.0455. The third-order valence-corrected chi connectivity index (χ3v) is 6.56. The lowest BCUT2D eigenvalue weighted by Crippen LogP contribution is -2.26. The number of nitrogens with one attached hydrogen (secondary N) is 1. The van der Waals surface area contributed by atoms with Gasteiger partial charge in [0, 0.05) is 16.8 Å². The molecule has 0 unspecified atom stereocenters. The van der Waals surface area contributed by atoms with Crippen LogP contribution >= 0.6 is 11.3 Å². The Hall–Kier alpha value is -3.33. The van der Waals surface area contributed by atoms with Gasteiger partial charge in [-0.05, 0) is 31.9 Å². The number of esters is 1. The van der Waals surface area contributed by atoms with Crippen molar-refractivity contribution in [3.05, 3.63) is 66.9 Å². The number of aryl methyl sites for hydroxylation is 3. The monoisotopic (exact) mass is 452 g/mol. The molecule has 0 saturated carbocycles. The summed E-state index contributed by atoms with van der Waals surface area (Å²) in [6.07, 6.45) is 2.76. The van der Waals surface area contributed by atoms with Crippen LogP contribution in [0, 0.1) is 13.8 Å². The van der Waals surface area contributed by atoms with Crippen molar-refractivity contribution in [2.75, 3.05) is 0 Å². The highest BCUT2D eigenvalue weighted by molar-refractivity contribution is 7.18. The Morgan fingerprint density at radius 3 is 2.66 bits per heavy atom. The molecule has 0 amide bonds. The predicted octanol–water partition coefficient (Wildman–Crippen LogP) is 3.86. The molecule has 166 valence electrons. The summed E-state index contributed by atoms with van der Waals surface area (Å²) in [6.45, 7) is 6.13. The Bertz CT molecular complexity index is 1430. The molecular formula is C23H24N4O4S. The van der Waals surface area contributed by atoms with Crippen LogP contribution in [0.3, 0.4) is 0 Å². The molecule has 0 aliphatic rings. The normalized spacial score (nSPS) is 11.3. The summed E-state index contributed by atoms with van der Waals surface area (Å²) in [7, 11) is 0. The molecule has 1 N–H and O–H groups in total. The number of rotatable bonds is 7. The van der Waals surface area contributed by atoms with Gasteiger partial charge in [0.1, 0.15) is 17.3 Å². The van der Waals surface area contributed by atoms with Crippen molar-refractivity contribution in [2.24, 2.45) is 0 Å². The number of carbonyl (C=O) groups is 1. The maximum atomic E-state index is 12.9. The van der Waals surface area contributed by atoms with Crippen LogP contribution in [-0.2, 0) is 17.9 Å². The second-order valence-corrected chi connectivity index (χ2v) is 8.88. The maximum Gasteiger partial charge on any atom is 0.359 e. The van der Waals surface area contributed by atoms with E-state index in [-0.39, 0.29) is 29.2 Å². The average molecular weight is 453 g/mol. The first kappa shape index (κ1) is 21.9. The Labute approximate surface area is 187 Å². The first-order valence-electron chi connectivity index (χ1n) is 10.6. The summed E-state index contributed by atoms with van der Waals surface area (Å²) in [4.78, 5) is 46.9. The first-order chi connectivity index (χ1) is 15.4. The van der Waals surface area contributed by atoms with Gasteiger partial charge >= 0.3 is 5.97 Å². The molecule has 0 fully saturated rings. The largest absolute Gasteiger partial charge is 0.453 e. The fourth-order valence-corrected chi connectivity index (χ4v) is 4.67. The van der Waals surface area contributed by atoms with E-state index in [1.54, 1.807) is 24.3 Å². The zero-order chi connectivity index (χ0) is 22.8. The van der Waals surface area contributed by atoms with E-state index in [1.165, 1.54) is 16.0 Å². The van der Waals surface area contributed by atoms with Crippen LogP contribution in [0.2, 0.25) is 0 Å². The molecule has 4 aromatic rings. The lowest BCUT2D eigenvalue weighted by Gasteiger charge is -2.10. The smallest absolute Gasteiger partial charge is 0.359 e. The SMILES string of the molecule is CCCCCn1nc(C(=O)OCc2nc3sc(C)c(C)c3c(=O)[nH]2)c2ccccc2c1=O. The molecule has 3 heterocycles. The number of ether oxygens (including phenoxy) is 1. The number of hydrogen-bond acceptors (Lipinski definition) is 7. The minimum Gasteiger partial charge on any atom is -0.453 e. The number of H-pyrrole nitrogens is 1. The number of aromatic nitrogens is 4. The Kier molecular flexibility index (Phi) is 6.18. The lowest BCUT2D eigenvalue weighted by atomic mass is 10.1. The highest BCUT2D eigenvalue weighted by Gasteiger charge is 2.19. The van der Waals surface area contributed by atoms with Gasteiger partial charge in [0.15, 0.2) is 5.69 Å². The van der Waals surface area contributed by atoms with Gasteiger partial charge in [0.25, 0.3) is 11.1 Å². The van der Waals surface area contributed by atoms with Gasteiger partial charge in [-0.2, -0.15) is 5.10 Å². The van der Waals surface area contributed by atoms with Crippen LogP contribution in [-0.4, -0.2) is 25.7 Å². The Balaban J connectivity index is 1.64. The molecule has 1 aromatic carbocycles. The van der Waals surface area contributed by atoms with E-state index in [9.17, 15) is 14.4 Å². The Morgan fingerprint density at radius 1 is 1.16 bits per heavy atom. The number of nitrogens with zero attached hydrogens (tertiary/aromatic N) is 3. The Morgan fingerprint density at radius 2 is 1.91 bits per heavy atom. The van der Waals surface area contributed by atoms with Gasteiger partial charge in [0.05, 0.1) is 10.8 Å². The number of hydrogen-bond donors (Lipinski definition) is 1. The van der Waals surface area contributed by atoms with Crippen molar-refractivity contribution < 1.29 is 9.53 Å². The summed E-state index contributed by atoms with van der Waals surface area (Å²) < 4.78 is 6.77. The number of carbonyl (C=O) groups excluding carboxylic acids is 1. The number of aromatic amines is 1. The van der Waals surface area contributed by atoms with Crippen molar-refractivity contribution in [1.82, 2.24) is 19.7 Å². The van der Waals surface area contributed by atoms with E-state index in [0.717, 1.165) is 29.7 Å². The number of benzene rings is 1. The second-order valence-electron chi connectivity index (χ2n) is 7.68. The van der Waals surface area contributed by atoms with Gasteiger partial charge in [-0.3, -0.25) is 9.59 Å². The zero-order valence-electron chi connectivity index (χ0n) is 18.2. The van der Waals surface area contributed by atoms with Gasteiger partial charge in [-0.15, -0.1) is 11.3 Å². The molecule has 0 aliphatic carbocycles. The number of unbranched alkanes of at least 4 members (excludes halogenated alkanes) is 2. The van der Waals surface area contributed by atoms with Gasteiger partial charge in [-0.25, -0.2) is 14.5 Å². The maximum absolute atomic E-state index is 12.9. The third-order valence-electron chi connectivity index (χ3n) is 5.46. The molecule has 0 aliphatic heterocycles. The summed E-state index contributed by atoms with van der Waals surface area (Å²) in [5.41, 5.74) is 0.496. The van der Waals surface area contributed by atoms with Crippen LogP contribution in [0.5, 0.6) is 0 Å². The number of thiophene rings is 1. The van der Waals surface area contributed by atoms with E-state index in [2.05, 4.69) is 22.0 Å². The third kappa shape index (κ3) is 4.08. The topological polar surface area (TPSA) is 107 Å². The minimum atomic E-state index is -0.674. The average Bonchev–Trinajstić information content (AvgIpc) is 3.07. The van der Waals surface area contributed by atoms with Crippen LogP contribution < -0.4 is 11.1 Å². The molecule has 32 heavy (non-hydrogen) atoms. The molecule has 0 saturated heterocycles. The quantitative estimate of drug-likeness (QED) is 0.337. The zero-order valence-corrected chi connectivity index (χ0v) is 19.0. The minimum absolute atomic E-state index is 0.0722. The van der Waals surface area contributed by atoms with E-state index in [4.69, 9.17) is 4.74 Å². The van der Waals surface area contributed by atoms with Crippen molar-refractivity contribution >= 4 is 38.3 Å². The van der Waals surface area contributed by atoms with E-state index in [1.807, 2.05) is 13.8 Å². The molecule has 0 radical (unpaired) electrons. The first-order valence-corrected chi connectivity index (χ1v) is 11.4. The van der Waals surface area contributed by atoms with Gasteiger partial charge in [-0.1, -0.05) is 38.0 Å². The van der Waals surface area contributed by atoms with Gasteiger partial charge in [0.2, 0.25) is 0 Å². The summed E-state index contributed by atoms with van der Waals surface area (Å²) in [5, 5.41) is 5.73. The van der Waals surface area contributed by atoms with Crippen molar-refractivity contribution in [2.45, 2.75) is 53.2 Å². The molecular weight excluding hydrogens is 428 g/mol. The summed E-state index contributed by atoms with van der Waals surface area (Å²) in [5.74, 6) is -0.413. The van der Waals surface area contributed by atoms with Crippen molar-refractivity contribution in [1.29, 1.82) is 0 Å².